The summed E-state index contributed by atoms with van der Waals surface area (Å²) in [6.07, 6.45) is 5.60. The van der Waals surface area contributed by atoms with Gasteiger partial charge in [0.1, 0.15) is 15.6 Å². The number of hydrogen-bond donors (Lipinski definition) is 3. The van der Waals surface area contributed by atoms with Gasteiger partial charge < -0.3 is 10.8 Å². The highest BCUT2D eigenvalue weighted by molar-refractivity contribution is 7.16. The molecule has 1 saturated heterocycles. The summed E-state index contributed by atoms with van der Waals surface area (Å²) in [5.41, 5.74) is 11.4. The van der Waals surface area contributed by atoms with E-state index in [9.17, 15) is 14.7 Å². The number of nitrogens with zero attached hydrogens (tertiary/aromatic N) is 3. The number of primary amides is 1. The van der Waals surface area contributed by atoms with E-state index in [0.29, 0.717) is 27.4 Å². The minimum Gasteiger partial charge on any atom is -0.508 e. The number of amides is 2. The van der Waals surface area contributed by atoms with Crippen molar-refractivity contribution in [1.29, 1.82) is 0 Å². The lowest BCUT2D eigenvalue weighted by molar-refractivity contribution is 0.0641. The van der Waals surface area contributed by atoms with Crippen LogP contribution in [0.25, 0.3) is 10.6 Å². The Kier molecular flexibility index (Phi) is 5.79. The topological polar surface area (TPSA) is 121 Å². The van der Waals surface area contributed by atoms with Crippen molar-refractivity contribution in [2.75, 3.05) is 0 Å². The van der Waals surface area contributed by atoms with Crippen molar-refractivity contribution in [1.82, 2.24) is 20.4 Å². The number of nitrogens with one attached hydrogen (secondary N) is 1. The molecule has 9 heteroatoms. The number of pyridine rings is 1. The van der Waals surface area contributed by atoms with Gasteiger partial charge in [-0.1, -0.05) is 36.4 Å². The average molecular weight is 472 g/mol. The number of carbonyl (C=O) groups is 2. The number of hydrogen-bond acceptors (Lipinski definition) is 7. The number of hydrazine groups is 1. The summed E-state index contributed by atoms with van der Waals surface area (Å²) in [6, 6.07) is 17.1. The number of para-hydroxylation sites is 1. The molecule has 1 aliphatic heterocycles. The Morgan fingerprint density at radius 2 is 1.85 bits per heavy atom. The highest BCUT2D eigenvalue weighted by Gasteiger charge is 2.39. The molecule has 4 aromatic rings. The Labute approximate surface area is 199 Å². The second-order valence-corrected chi connectivity index (χ2v) is 8.96. The summed E-state index contributed by atoms with van der Waals surface area (Å²) < 4.78 is 0. The number of aromatic hydroxyl groups is 1. The average Bonchev–Trinajstić information content (AvgIpc) is 3.53. The number of thiazole rings is 1. The van der Waals surface area contributed by atoms with E-state index < -0.39 is 5.91 Å². The van der Waals surface area contributed by atoms with Crippen molar-refractivity contribution in [2.45, 2.75) is 18.5 Å². The van der Waals surface area contributed by atoms with Gasteiger partial charge in [-0.3, -0.25) is 19.6 Å². The molecule has 0 aliphatic carbocycles. The SMILES string of the molecule is NC(=O)c1ccc(-c2ncc(C(=O)N3NC(c4cccnc4)CC3c3ccccc3O)s2)cc1. The Hall–Kier alpha value is -4.08. The Bertz CT molecular complexity index is 1340. The molecule has 8 nitrogen and oxygen atoms in total. The Balaban J connectivity index is 1.45. The summed E-state index contributed by atoms with van der Waals surface area (Å²) >= 11 is 1.26. The molecule has 1 fully saturated rings. The van der Waals surface area contributed by atoms with Crippen LogP contribution in [0.1, 0.15) is 49.7 Å². The van der Waals surface area contributed by atoms with Crippen LogP contribution in [0.5, 0.6) is 5.75 Å². The third-order valence-corrected chi connectivity index (χ3v) is 6.83. The number of carbonyl (C=O) groups excluding carboxylic acids is 2. The van der Waals surface area contributed by atoms with Crippen LogP contribution in [-0.2, 0) is 0 Å². The summed E-state index contributed by atoms with van der Waals surface area (Å²) in [4.78, 5) is 34.0. The molecule has 0 spiro atoms. The van der Waals surface area contributed by atoms with E-state index in [1.54, 1.807) is 60.0 Å². The van der Waals surface area contributed by atoms with Gasteiger partial charge in [0.25, 0.3) is 5.91 Å². The van der Waals surface area contributed by atoms with Crippen LogP contribution in [0.15, 0.2) is 79.3 Å². The van der Waals surface area contributed by atoms with Gasteiger partial charge in [-0.15, -0.1) is 11.3 Å². The van der Waals surface area contributed by atoms with Gasteiger partial charge in [-0.25, -0.2) is 10.4 Å². The minimum absolute atomic E-state index is 0.137. The molecule has 3 heterocycles. The summed E-state index contributed by atoms with van der Waals surface area (Å²) in [6.45, 7) is 0. The number of rotatable bonds is 5. The van der Waals surface area contributed by atoms with E-state index in [4.69, 9.17) is 5.73 Å². The maximum absolute atomic E-state index is 13.6. The molecule has 170 valence electrons. The molecule has 2 amide bonds. The lowest BCUT2D eigenvalue weighted by Crippen LogP contribution is -2.39. The van der Waals surface area contributed by atoms with Crippen molar-refractivity contribution >= 4 is 23.2 Å². The van der Waals surface area contributed by atoms with Crippen molar-refractivity contribution in [3.63, 3.8) is 0 Å². The first-order valence-electron chi connectivity index (χ1n) is 10.6. The lowest BCUT2D eigenvalue weighted by atomic mass is 9.97. The standard InChI is InChI=1S/C25H21N5O3S/c26-23(32)15-7-9-16(10-8-15)24-28-14-22(34-24)25(33)30-20(18-5-1-2-6-21(18)31)12-19(29-30)17-4-3-11-27-13-17/h1-11,13-14,19-20,29,31H,12H2,(H2,26,32). The third kappa shape index (κ3) is 4.14. The fourth-order valence-electron chi connectivity index (χ4n) is 4.07. The van der Waals surface area contributed by atoms with Gasteiger partial charge in [-0.2, -0.15) is 0 Å². The molecule has 1 aliphatic rings. The molecule has 5 rings (SSSR count). The monoisotopic (exact) mass is 471 g/mol. The molecule has 2 atom stereocenters. The Morgan fingerprint density at radius 1 is 1.06 bits per heavy atom. The molecular weight excluding hydrogens is 450 g/mol. The van der Waals surface area contributed by atoms with Crippen LogP contribution in [0, 0.1) is 0 Å². The van der Waals surface area contributed by atoms with Crippen molar-refractivity contribution in [3.05, 3.63) is 101 Å². The first-order chi connectivity index (χ1) is 16.5. The van der Waals surface area contributed by atoms with Crippen LogP contribution in [0.4, 0.5) is 0 Å². The van der Waals surface area contributed by atoms with E-state index >= 15 is 0 Å². The molecule has 2 aromatic heterocycles. The van der Waals surface area contributed by atoms with Gasteiger partial charge in [0.2, 0.25) is 5.91 Å². The van der Waals surface area contributed by atoms with Crippen LogP contribution < -0.4 is 11.2 Å². The number of nitrogens with two attached hydrogens (primary N) is 1. The third-order valence-electron chi connectivity index (χ3n) is 5.80. The van der Waals surface area contributed by atoms with Gasteiger partial charge in [-0.05, 0) is 36.2 Å². The van der Waals surface area contributed by atoms with Gasteiger partial charge in [0.15, 0.2) is 0 Å². The predicted molar refractivity (Wildman–Crippen MR) is 128 cm³/mol. The van der Waals surface area contributed by atoms with E-state index in [2.05, 4.69) is 15.4 Å². The largest absolute Gasteiger partial charge is 0.508 e. The van der Waals surface area contributed by atoms with Crippen molar-refractivity contribution in [3.8, 4) is 16.3 Å². The van der Waals surface area contributed by atoms with Crippen molar-refractivity contribution < 1.29 is 14.7 Å². The van der Waals surface area contributed by atoms with Crippen LogP contribution >= 0.6 is 11.3 Å². The zero-order chi connectivity index (χ0) is 23.7. The molecule has 2 unspecified atom stereocenters. The number of benzene rings is 2. The van der Waals surface area contributed by atoms with E-state index in [1.165, 1.54) is 11.3 Å². The zero-order valence-corrected chi connectivity index (χ0v) is 18.8. The number of phenols is 1. The fourth-order valence-corrected chi connectivity index (χ4v) is 4.93. The molecule has 2 aromatic carbocycles. The quantitative estimate of drug-likeness (QED) is 0.407. The predicted octanol–water partition coefficient (Wildman–Crippen LogP) is 3.84. The van der Waals surface area contributed by atoms with Gasteiger partial charge >= 0.3 is 0 Å². The smallest absolute Gasteiger partial charge is 0.280 e. The highest BCUT2D eigenvalue weighted by Crippen LogP contribution is 2.41. The van der Waals surface area contributed by atoms with E-state index in [1.807, 2.05) is 24.3 Å². The minimum atomic E-state index is -0.500. The maximum atomic E-state index is 13.6. The molecule has 4 N–H and O–H groups in total. The van der Waals surface area contributed by atoms with Crippen LogP contribution in [0.2, 0.25) is 0 Å². The lowest BCUT2D eigenvalue weighted by Gasteiger charge is -2.24. The second-order valence-electron chi connectivity index (χ2n) is 7.92. The molecule has 0 bridgehead atoms. The maximum Gasteiger partial charge on any atom is 0.280 e. The van der Waals surface area contributed by atoms with Gasteiger partial charge in [0.05, 0.1) is 18.3 Å². The highest BCUT2D eigenvalue weighted by atomic mass is 32.1. The van der Waals surface area contributed by atoms with Crippen LogP contribution in [-0.4, -0.2) is 31.9 Å². The Morgan fingerprint density at radius 3 is 2.56 bits per heavy atom. The van der Waals surface area contributed by atoms with E-state index in [0.717, 1.165) is 11.1 Å². The first-order valence-corrected chi connectivity index (χ1v) is 11.5. The molecule has 0 radical (unpaired) electrons. The first kappa shape index (κ1) is 21.7. The second kappa shape index (κ2) is 9.05. The van der Waals surface area contributed by atoms with Gasteiger partial charge in [0, 0.05) is 29.1 Å². The summed E-state index contributed by atoms with van der Waals surface area (Å²) in [5.74, 6) is -0.601. The zero-order valence-electron chi connectivity index (χ0n) is 18.0. The normalized spacial score (nSPS) is 17.6. The molecule has 0 saturated carbocycles. The number of aromatic nitrogens is 2. The van der Waals surface area contributed by atoms with Crippen molar-refractivity contribution in [2.24, 2.45) is 5.73 Å². The fraction of sp³-hybridized carbons (Fsp3) is 0.120. The number of phenolic OH excluding ortho intramolecular Hbond substituents is 1. The van der Waals surface area contributed by atoms with E-state index in [-0.39, 0.29) is 23.7 Å². The summed E-state index contributed by atoms with van der Waals surface area (Å²) in [5, 5.41) is 12.7. The van der Waals surface area contributed by atoms with Crippen LogP contribution in [0.3, 0.4) is 0 Å². The molecular formula is C25H21N5O3S. The summed E-state index contributed by atoms with van der Waals surface area (Å²) in [7, 11) is 0. The molecule has 34 heavy (non-hydrogen) atoms.